The summed E-state index contributed by atoms with van der Waals surface area (Å²) in [6.45, 7) is 2.08. The molecule has 5 heteroatoms. The summed E-state index contributed by atoms with van der Waals surface area (Å²) in [7, 11) is 0. The maximum Gasteiger partial charge on any atom is 0.122 e. The summed E-state index contributed by atoms with van der Waals surface area (Å²) in [6, 6.07) is 5.89. The standard InChI is InChI=1S/C13H15N3O.ClH/c1-2-12-13(16-8-7-15-12)9-11(1)17-10-3-5-14-6-4-10;/h1-2,7-10,14H,3-6H2;1H. The second-order valence-electron chi connectivity index (χ2n) is 4.27. The van der Waals surface area contributed by atoms with Gasteiger partial charge in [0.2, 0.25) is 0 Å². The first-order valence-electron chi connectivity index (χ1n) is 6.00. The Bertz CT molecular complexity index is 514. The highest BCUT2D eigenvalue weighted by Gasteiger charge is 2.14. The fraction of sp³-hybridized carbons (Fsp3) is 0.385. The van der Waals surface area contributed by atoms with Crippen LogP contribution in [0.5, 0.6) is 5.75 Å². The van der Waals surface area contributed by atoms with Crippen LogP contribution in [0, 0.1) is 0 Å². The molecule has 0 radical (unpaired) electrons. The zero-order chi connectivity index (χ0) is 11.5. The van der Waals surface area contributed by atoms with Crippen molar-refractivity contribution in [2.45, 2.75) is 18.9 Å². The molecule has 1 aliphatic rings. The number of nitrogens with zero attached hydrogens (tertiary/aromatic N) is 2. The molecule has 0 aliphatic carbocycles. The third-order valence-corrected chi connectivity index (χ3v) is 3.03. The van der Waals surface area contributed by atoms with Gasteiger partial charge < -0.3 is 10.1 Å². The van der Waals surface area contributed by atoms with E-state index in [1.807, 2.05) is 18.2 Å². The lowest BCUT2D eigenvalue weighted by molar-refractivity contribution is 0.162. The van der Waals surface area contributed by atoms with Gasteiger partial charge in [-0.25, -0.2) is 0 Å². The number of benzene rings is 1. The minimum absolute atomic E-state index is 0. The largest absolute Gasteiger partial charge is 0.490 e. The molecule has 4 nitrogen and oxygen atoms in total. The molecule has 1 aromatic carbocycles. The van der Waals surface area contributed by atoms with E-state index < -0.39 is 0 Å². The molecular formula is C13H16ClN3O. The van der Waals surface area contributed by atoms with E-state index in [-0.39, 0.29) is 12.4 Å². The number of hydrogen-bond donors (Lipinski definition) is 1. The Labute approximate surface area is 112 Å². The van der Waals surface area contributed by atoms with E-state index in [0.717, 1.165) is 42.7 Å². The predicted molar refractivity (Wildman–Crippen MR) is 73.3 cm³/mol. The molecule has 1 fully saturated rings. The van der Waals surface area contributed by atoms with Crippen LogP contribution >= 0.6 is 12.4 Å². The lowest BCUT2D eigenvalue weighted by atomic mass is 10.1. The first-order valence-corrected chi connectivity index (χ1v) is 6.00. The summed E-state index contributed by atoms with van der Waals surface area (Å²) >= 11 is 0. The molecule has 2 aromatic rings. The molecule has 96 valence electrons. The van der Waals surface area contributed by atoms with Crippen LogP contribution in [0.2, 0.25) is 0 Å². The van der Waals surface area contributed by atoms with Crippen molar-refractivity contribution in [2.24, 2.45) is 0 Å². The molecule has 0 unspecified atom stereocenters. The molecule has 1 aromatic heterocycles. The van der Waals surface area contributed by atoms with Crippen molar-refractivity contribution in [3.05, 3.63) is 30.6 Å². The fourth-order valence-corrected chi connectivity index (χ4v) is 2.12. The molecule has 1 N–H and O–H groups in total. The van der Waals surface area contributed by atoms with Gasteiger partial charge in [-0.05, 0) is 38.1 Å². The second-order valence-corrected chi connectivity index (χ2v) is 4.27. The summed E-state index contributed by atoms with van der Waals surface area (Å²) < 4.78 is 5.96. The van der Waals surface area contributed by atoms with E-state index in [9.17, 15) is 0 Å². The van der Waals surface area contributed by atoms with E-state index in [2.05, 4.69) is 15.3 Å². The summed E-state index contributed by atoms with van der Waals surface area (Å²) in [5.41, 5.74) is 1.80. The Morgan fingerprint density at radius 3 is 2.56 bits per heavy atom. The molecule has 0 spiro atoms. The summed E-state index contributed by atoms with van der Waals surface area (Å²) in [5.74, 6) is 0.893. The minimum atomic E-state index is 0. The van der Waals surface area contributed by atoms with Gasteiger partial charge in [0.15, 0.2) is 0 Å². The van der Waals surface area contributed by atoms with E-state index in [4.69, 9.17) is 4.74 Å². The van der Waals surface area contributed by atoms with Gasteiger partial charge in [0.1, 0.15) is 11.9 Å². The van der Waals surface area contributed by atoms with E-state index >= 15 is 0 Å². The Morgan fingerprint density at radius 2 is 1.78 bits per heavy atom. The number of hydrogen-bond acceptors (Lipinski definition) is 4. The van der Waals surface area contributed by atoms with Crippen LogP contribution in [-0.4, -0.2) is 29.2 Å². The molecule has 0 atom stereocenters. The highest BCUT2D eigenvalue weighted by Crippen LogP contribution is 2.20. The SMILES string of the molecule is Cl.c1cnc2cc(OC3CCNCC3)ccc2n1. The summed E-state index contributed by atoms with van der Waals surface area (Å²) in [5, 5.41) is 3.33. The molecule has 1 saturated heterocycles. The molecule has 0 saturated carbocycles. The number of halogens is 1. The predicted octanol–water partition coefficient (Wildman–Crippen LogP) is 2.18. The van der Waals surface area contributed by atoms with Crippen LogP contribution in [0.25, 0.3) is 11.0 Å². The molecular weight excluding hydrogens is 250 g/mol. The fourth-order valence-electron chi connectivity index (χ4n) is 2.12. The minimum Gasteiger partial charge on any atom is -0.490 e. The van der Waals surface area contributed by atoms with Gasteiger partial charge in [-0.1, -0.05) is 0 Å². The number of fused-ring (bicyclic) bond motifs is 1. The van der Waals surface area contributed by atoms with Crippen LogP contribution < -0.4 is 10.1 Å². The van der Waals surface area contributed by atoms with Crippen molar-refractivity contribution in [1.82, 2.24) is 15.3 Å². The first kappa shape index (κ1) is 13.1. The van der Waals surface area contributed by atoms with Crippen molar-refractivity contribution in [3.63, 3.8) is 0 Å². The van der Waals surface area contributed by atoms with Crippen LogP contribution in [-0.2, 0) is 0 Å². The van der Waals surface area contributed by atoms with E-state index in [0.29, 0.717) is 6.10 Å². The Kier molecular flexibility index (Phi) is 4.33. The van der Waals surface area contributed by atoms with Gasteiger partial charge in [0.25, 0.3) is 0 Å². The van der Waals surface area contributed by atoms with Crippen molar-refractivity contribution >= 4 is 23.4 Å². The third-order valence-electron chi connectivity index (χ3n) is 3.03. The van der Waals surface area contributed by atoms with Crippen LogP contribution in [0.15, 0.2) is 30.6 Å². The quantitative estimate of drug-likeness (QED) is 0.904. The average molecular weight is 266 g/mol. The van der Waals surface area contributed by atoms with Gasteiger partial charge in [-0.15, -0.1) is 12.4 Å². The van der Waals surface area contributed by atoms with Crippen LogP contribution in [0.3, 0.4) is 0 Å². The molecule has 1 aliphatic heterocycles. The van der Waals surface area contributed by atoms with Gasteiger partial charge in [-0.3, -0.25) is 9.97 Å². The van der Waals surface area contributed by atoms with E-state index in [1.54, 1.807) is 12.4 Å². The lowest BCUT2D eigenvalue weighted by Gasteiger charge is -2.23. The first-order chi connectivity index (χ1) is 8.42. The maximum absolute atomic E-state index is 5.96. The zero-order valence-corrected chi connectivity index (χ0v) is 10.8. The summed E-state index contributed by atoms with van der Waals surface area (Å²) in [4.78, 5) is 8.52. The molecule has 2 heterocycles. The Balaban J connectivity index is 0.00000120. The smallest absolute Gasteiger partial charge is 0.122 e. The highest BCUT2D eigenvalue weighted by molar-refractivity contribution is 5.85. The number of aromatic nitrogens is 2. The molecule has 0 amide bonds. The Hall–Kier alpha value is -1.39. The van der Waals surface area contributed by atoms with Crippen molar-refractivity contribution in [3.8, 4) is 5.75 Å². The monoisotopic (exact) mass is 265 g/mol. The highest BCUT2D eigenvalue weighted by atomic mass is 35.5. The number of piperidine rings is 1. The normalized spacial score (nSPS) is 16.2. The zero-order valence-electron chi connectivity index (χ0n) is 10.0. The van der Waals surface area contributed by atoms with Gasteiger partial charge in [-0.2, -0.15) is 0 Å². The summed E-state index contributed by atoms with van der Waals surface area (Å²) in [6.07, 6.45) is 5.87. The molecule has 0 bridgehead atoms. The third kappa shape index (κ3) is 2.89. The number of nitrogens with one attached hydrogen (secondary N) is 1. The van der Waals surface area contributed by atoms with Gasteiger partial charge >= 0.3 is 0 Å². The lowest BCUT2D eigenvalue weighted by Crippen LogP contribution is -2.34. The van der Waals surface area contributed by atoms with Crippen molar-refractivity contribution in [2.75, 3.05) is 13.1 Å². The van der Waals surface area contributed by atoms with Crippen LogP contribution in [0.4, 0.5) is 0 Å². The van der Waals surface area contributed by atoms with Crippen molar-refractivity contribution in [1.29, 1.82) is 0 Å². The number of rotatable bonds is 2. The second kappa shape index (κ2) is 5.98. The van der Waals surface area contributed by atoms with Crippen molar-refractivity contribution < 1.29 is 4.74 Å². The Morgan fingerprint density at radius 1 is 1.06 bits per heavy atom. The topological polar surface area (TPSA) is 47.0 Å². The van der Waals surface area contributed by atoms with Crippen LogP contribution in [0.1, 0.15) is 12.8 Å². The maximum atomic E-state index is 5.96. The number of ether oxygens (including phenoxy) is 1. The molecule has 3 rings (SSSR count). The van der Waals surface area contributed by atoms with Gasteiger partial charge in [0.05, 0.1) is 11.0 Å². The molecule has 18 heavy (non-hydrogen) atoms. The average Bonchev–Trinajstić information content (AvgIpc) is 2.40. The van der Waals surface area contributed by atoms with Gasteiger partial charge in [0, 0.05) is 18.5 Å². The van der Waals surface area contributed by atoms with E-state index in [1.165, 1.54) is 0 Å².